The first-order chi connectivity index (χ1) is 14.0. The van der Waals surface area contributed by atoms with Gasteiger partial charge >= 0.3 is 176 Å². The van der Waals surface area contributed by atoms with Crippen molar-refractivity contribution < 1.29 is 15.0 Å². The molecule has 0 radical (unpaired) electrons. The van der Waals surface area contributed by atoms with E-state index in [1.165, 1.54) is 12.1 Å². The number of phenolic OH excluding ortho intramolecular Hbond substituents is 2. The van der Waals surface area contributed by atoms with Gasteiger partial charge in [-0.2, -0.15) is 0 Å². The molecule has 0 bridgehead atoms. The fourth-order valence-electron chi connectivity index (χ4n) is 3.19. The second-order valence-electron chi connectivity index (χ2n) is 6.61. The number of carbonyl (C=O) groups is 1. The molecule has 0 unspecified atom stereocenters. The topological polar surface area (TPSA) is 64.0 Å². The Morgan fingerprint density at radius 1 is 0.862 bits per heavy atom. The number of amides is 1. The summed E-state index contributed by atoms with van der Waals surface area (Å²) < 4.78 is 0.680. The van der Waals surface area contributed by atoms with Gasteiger partial charge in [0.05, 0.1) is 0 Å². The van der Waals surface area contributed by atoms with Gasteiger partial charge in [-0.15, -0.1) is 0 Å². The first-order valence-corrected chi connectivity index (χ1v) is 9.89. The van der Waals surface area contributed by atoms with Crippen molar-refractivity contribution in [1.82, 2.24) is 4.90 Å². The number of hydrogen-bond donors (Lipinski definition) is 2. The van der Waals surface area contributed by atoms with Gasteiger partial charge < -0.3 is 0 Å². The Bertz CT molecular complexity index is 1100. The first-order valence-electron chi connectivity index (χ1n) is 9.03. The average molecular weight is 449 g/mol. The molecular formula is C23H18N2O3Se. The van der Waals surface area contributed by atoms with Gasteiger partial charge in [-0.1, -0.05) is 0 Å². The number of carbonyl (C=O) groups excluding carboxylic acids is 1. The molecule has 1 amide bonds. The molecule has 0 saturated carbocycles. The van der Waals surface area contributed by atoms with Crippen LogP contribution >= 0.6 is 0 Å². The quantitative estimate of drug-likeness (QED) is 0.365. The fourth-order valence-corrected chi connectivity index (χ4v) is 3.93. The standard InChI is InChI=1S/C23H18N2O3Se/c26-20-12-11-17(14-21(20)27)13-19-22(28)25(18-9-5-2-6-10-18)23(29)24(19)15-16-7-3-1-4-8-16/h1-14,26-27H,15H2/b19-13+. The minimum absolute atomic E-state index is 0.173. The van der Waals surface area contributed by atoms with Crippen molar-refractivity contribution in [2.75, 3.05) is 4.90 Å². The van der Waals surface area contributed by atoms with Gasteiger partial charge in [-0.05, 0) is 0 Å². The molecule has 3 aromatic carbocycles. The van der Waals surface area contributed by atoms with E-state index in [-0.39, 0.29) is 17.4 Å². The van der Waals surface area contributed by atoms with Crippen LogP contribution in [0.4, 0.5) is 5.69 Å². The Labute approximate surface area is 176 Å². The molecule has 1 heterocycles. The van der Waals surface area contributed by atoms with E-state index in [1.54, 1.807) is 17.0 Å². The predicted molar refractivity (Wildman–Crippen MR) is 114 cm³/mol. The SMILES string of the molecule is O=C1/C(=C\c2ccc(O)c(O)c2)N(Cc2ccccc2)C(=[Se])N1c1ccccc1. The molecular weight excluding hydrogens is 431 g/mol. The van der Waals surface area contributed by atoms with Crippen LogP contribution in [-0.4, -0.2) is 41.3 Å². The number of benzene rings is 3. The summed E-state index contributed by atoms with van der Waals surface area (Å²) in [5.74, 6) is -0.604. The summed E-state index contributed by atoms with van der Waals surface area (Å²) in [6.45, 7) is 0.508. The zero-order chi connectivity index (χ0) is 20.4. The fraction of sp³-hybridized carbons (Fsp3) is 0.0435. The van der Waals surface area contributed by atoms with Gasteiger partial charge in [-0.25, -0.2) is 0 Å². The number of para-hydroxylation sites is 1. The molecule has 2 N–H and O–H groups in total. The maximum absolute atomic E-state index is 13.3. The van der Waals surface area contributed by atoms with Gasteiger partial charge in [-0.3, -0.25) is 0 Å². The van der Waals surface area contributed by atoms with Crippen LogP contribution < -0.4 is 4.90 Å². The molecule has 0 aromatic heterocycles. The number of anilines is 1. The van der Waals surface area contributed by atoms with Crippen LogP contribution in [0, 0.1) is 0 Å². The molecule has 4 rings (SSSR count). The molecule has 1 aliphatic rings. The third-order valence-corrected chi connectivity index (χ3v) is 5.48. The number of phenols is 2. The summed E-state index contributed by atoms with van der Waals surface area (Å²) in [7, 11) is 0. The van der Waals surface area contributed by atoms with Crippen molar-refractivity contribution >= 4 is 37.9 Å². The molecule has 144 valence electrons. The van der Waals surface area contributed by atoms with Crippen LogP contribution in [0.2, 0.25) is 0 Å². The second kappa shape index (κ2) is 7.95. The van der Waals surface area contributed by atoms with Gasteiger partial charge in [0.2, 0.25) is 0 Å². The normalized spacial score (nSPS) is 15.4. The summed E-state index contributed by atoms with van der Waals surface area (Å²) in [6.07, 6.45) is 1.71. The van der Waals surface area contributed by atoms with Crippen LogP contribution in [0.1, 0.15) is 11.1 Å². The van der Waals surface area contributed by atoms with E-state index < -0.39 is 0 Å². The molecule has 0 aliphatic carbocycles. The van der Waals surface area contributed by atoms with Crippen molar-refractivity contribution in [2.24, 2.45) is 0 Å². The minimum atomic E-state index is -0.230. The van der Waals surface area contributed by atoms with Crippen LogP contribution in [0.25, 0.3) is 6.08 Å². The molecule has 5 nitrogen and oxygen atoms in total. The average Bonchev–Trinajstić information content (AvgIpc) is 2.96. The van der Waals surface area contributed by atoms with E-state index >= 15 is 0 Å². The van der Waals surface area contributed by atoms with E-state index in [1.807, 2.05) is 65.6 Å². The summed E-state index contributed by atoms with van der Waals surface area (Å²) >= 11 is 3.04. The van der Waals surface area contributed by atoms with E-state index in [2.05, 4.69) is 15.6 Å². The van der Waals surface area contributed by atoms with Crippen molar-refractivity contribution in [3.05, 3.63) is 95.7 Å². The first kappa shape index (κ1) is 19.0. The number of nitrogens with zero attached hydrogens (tertiary/aromatic N) is 2. The molecule has 29 heavy (non-hydrogen) atoms. The summed E-state index contributed by atoms with van der Waals surface area (Å²) in [4.78, 5) is 16.9. The van der Waals surface area contributed by atoms with Crippen LogP contribution in [0.5, 0.6) is 11.5 Å². The molecule has 1 fully saturated rings. The summed E-state index contributed by atoms with van der Waals surface area (Å²) in [6, 6.07) is 23.8. The van der Waals surface area contributed by atoms with E-state index in [0.29, 0.717) is 22.5 Å². The van der Waals surface area contributed by atoms with Gasteiger partial charge in [0.25, 0.3) is 0 Å². The maximum atomic E-state index is 13.3. The molecule has 0 spiro atoms. The zero-order valence-electron chi connectivity index (χ0n) is 15.4. The van der Waals surface area contributed by atoms with Crippen molar-refractivity contribution in [3.8, 4) is 11.5 Å². The van der Waals surface area contributed by atoms with Crippen LogP contribution in [-0.2, 0) is 11.3 Å². The zero-order valence-corrected chi connectivity index (χ0v) is 17.1. The van der Waals surface area contributed by atoms with Crippen LogP contribution in [0.3, 0.4) is 0 Å². The third kappa shape index (κ3) is 3.81. The molecule has 1 saturated heterocycles. The van der Waals surface area contributed by atoms with Gasteiger partial charge in [0, 0.05) is 0 Å². The van der Waals surface area contributed by atoms with E-state index in [9.17, 15) is 15.0 Å². The van der Waals surface area contributed by atoms with E-state index in [4.69, 9.17) is 0 Å². The Morgan fingerprint density at radius 2 is 1.52 bits per heavy atom. The predicted octanol–water partition coefficient (Wildman–Crippen LogP) is 3.24. The van der Waals surface area contributed by atoms with Gasteiger partial charge in [0.1, 0.15) is 0 Å². The number of rotatable bonds is 4. The van der Waals surface area contributed by atoms with Crippen LogP contribution in [0.15, 0.2) is 84.6 Å². The second-order valence-corrected chi connectivity index (χ2v) is 7.37. The summed E-state index contributed by atoms with van der Waals surface area (Å²) in [5, 5.41) is 19.4. The van der Waals surface area contributed by atoms with Crippen molar-refractivity contribution in [3.63, 3.8) is 0 Å². The molecule has 0 atom stereocenters. The Morgan fingerprint density at radius 3 is 2.17 bits per heavy atom. The van der Waals surface area contributed by atoms with E-state index in [0.717, 1.165) is 11.3 Å². The summed E-state index contributed by atoms with van der Waals surface area (Å²) in [5.41, 5.74) is 2.91. The molecule has 3 aromatic rings. The molecule has 6 heteroatoms. The molecule has 1 aliphatic heterocycles. The Balaban J connectivity index is 1.78. The Hall–Kier alpha value is -3.34. The van der Waals surface area contributed by atoms with Crippen molar-refractivity contribution in [2.45, 2.75) is 6.54 Å². The monoisotopic (exact) mass is 450 g/mol. The van der Waals surface area contributed by atoms with Gasteiger partial charge in [0.15, 0.2) is 0 Å². The van der Waals surface area contributed by atoms with Crippen molar-refractivity contribution in [1.29, 1.82) is 0 Å². The number of aromatic hydroxyl groups is 2. The number of hydrogen-bond acceptors (Lipinski definition) is 4. The Kier molecular flexibility index (Phi) is 5.21. The third-order valence-electron chi connectivity index (χ3n) is 4.64.